The molecule has 0 amide bonds. The van der Waals surface area contributed by atoms with E-state index in [4.69, 9.17) is 9.47 Å². The molecule has 1 aromatic heterocycles. The maximum atomic E-state index is 5.31. The van der Waals surface area contributed by atoms with Crippen LogP contribution >= 0.6 is 15.9 Å². The van der Waals surface area contributed by atoms with Crippen LogP contribution in [0.1, 0.15) is 17.1 Å². The SMILES string of the molecule is COc1ccc(Cc2nc(C)n(C)c2Br)cc1OC. The van der Waals surface area contributed by atoms with E-state index in [0.717, 1.165) is 39.6 Å². The zero-order chi connectivity index (χ0) is 14.0. The van der Waals surface area contributed by atoms with Gasteiger partial charge in [0.25, 0.3) is 0 Å². The van der Waals surface area contributed by atoms with Crippen LogP contribution in [0.25, 0.3) is 0 Å². The van der Waals surface area contributed by atoms with Crippen molar-refractivity contribution in [3.63, 3.8) is 0 Å². The fourth-order valence-electron chi connectivity index (χ4n) is 1.95. The van der Waals surface area contributed by atoms with Gasteiger partial charge in [0.2, 0.25) is 0 Å². The molecular weight excluding hydrogens is 308 g/mol. The second kappa shape index (κ2) is 5.65. The van der Waals surface area contributed by atoms with Crippen molar-refractivity contribution in [2.75, 3.05) is 14.2 Å². The third-order valence-electron chi connectivity index (χ3n) is 3.13. The van der Waals surface area contributed by atoms with Crippen LogP contribution in [0.5, 0.6) is 11.5 Å². The Morgan fingerprint density at radius 1 is 1.21 bits per heavy atom. The van der Waals surface area contributed by atoms with E-state index in [1.165, 1.54) is 0 Å². The van der Waals surface area contributed by atoms with E-state index in [-0.39, 0.29) is 0 Å². The lowest BCUT2D eigenvalue weighted by molar-refractivity contribution is 0.354. The summed E-state index contributed by atoms with van der Waals surface area (Å²) in [6.45, 7) is 1.99. The van der Waals surface area contributed by atoms with Crippen LogP contribution in [0.4, 0.5) is 0 Å². The Kier molecular flexibility index (Phi) is 4.14. The number of nitrogens with zero attached hydrogens (tertiary/aromatic N) is 2. The molecule has 4 nitrogen and oxygen atoms in total. The molecule has 0 radical (unpaired) electrons. The minimum atomic E-state index is 0.738. The van der Waals surface area contributed by atoms with Gasteiger partial charge in [-0.25, -0.2) is 4.98 Å². The zero-order valence-electron chi connectivity index (χ0n) is 11.5. The third-order valence-corrected chi connectivity index (χ3v) is 4.12. The second-order valence-corrected chi connectivity index (χ2v) is 5.07. The predicted molar refractivity (Wildman–Crippen MR) is 78.0 cm³/mol. The number of aryl methyl sites for hydroxylation is 1. The minimum Gasteiger partial charge on any atom is -0.493 e. The molecule has 0 bridgehead atoms. The first-order valence-electron chi connectivity index (χ1n) is 5.95. The fourth-order valence-corrected chi connectivity index (χ4v) is 2.43. The van der Waals surface area contributed by atoms with E-state index in [9.17, 15) is 0 Å². The molecule has 0 N–H and O–H groups in total. The molecule has 0 saturated carbocycles. The number of hydrogen-bond donors (Lipinski definition) is 0. The van der Waals surface area contributed by atoms with Crippen molar-refractivity contribution in [2.45, 2.75) is 13.3 Å². The van der Waals surface area contributed by atoms with Crippen molar-refractivity contribution in [1.82, 2.24) is 9.55 Å². The molecule has 102 valence electrons. The lowest BCUT2D eigenvalue weighted by Gasteiger charge is -2.09. The van der Waals surface area contributed by atoms with E-state index in [0.29, 0.717) is 0 Å². The molecule has 0 unspecified atom stereocenters. The first kappa shape index (κ1) is 13.9. The normalized spacial score (nSPS) is 10.6. The van der Waals surface area contributed by atoms with Crippen LogP contribution in [0, 0.1) is 6.92 Å². The molecule has 0 aliphatic rings. The Hall–Kier alpha value is -1.49. The highest BCUT2D eigenvalue weighted by Gasteiger charge is 2.11. The number of methoxy groups -OCH3 is 2. The number of imidazole rings is 1. The molecule has 0 fully saturated rings. The standard InChI is InChI=1S/C14H17BrN2O2/c1-9-16-11(14(15)17(9)2)7-10-5-6-12(18-3)13(8-10)19-4/h5-6,8H,7H2,1-4H3. The van der Waals surface area contributed by atoms with Crippen molar-refractivity contribution < 1.29 is 9.47 Å². The van der Waals surface area contributed by atoms with Gasteiger partial charge in [-0.2, -0.15) is 0 Å². The van der Waals surface area contributed by atoms with Gasteiger partial charge < -0.3 is 14.0 Å². The summed E-state index contributed by atoms with van der Waals surface area (Å²) in [6.07, 6.45) is 0.753. The Balaban J connectivity index is 2.30. The van der Waals surface area contributed by atoms with Crippen LogP contribution < -0.4 is 9.47 Å². The van der Waals surface area contributed by atoms with E-state index in [2.05, 4.69) is 20.9 Å². The zero-order valence-corrected chi connectivity index (χ0v) is 13.1. The van der Waals surface area contributed by atoms with E-state index >= 15 is 0 Å². The highest BCUT2D eigenvalue weighted by molar-refractivity contribution is 9.10. The van der Waals surface area contributed by atoms with Gasteiger partial charge in [0.15, 0.2) is 11.5 Å². The summed E-state index contributed by atoms with van der Waals surface area (Å²) < 4.78 is 13.6. The van der Waals surface area contributed by atoms with Crippen LogP contribution in [0.3, 0.4) is 0 Å². The first-order valence-corrected chi connectivity index (χ1v) is 6.74. The van der Waals surface area contributed by atoms with Gasteiger partial charge in [0, 0.05) is 13.5 Å². The number of aromatic nitrogens is 2. The average Bonchev–Trinajstić information content (AvgIpc) is 2.66. The van der Waals surface area contributed by atoms with Crippen molar-refractivity contribution in [2.24, 2.45) is 7.05 Å². The molecular formula is C14H17BrN2O2. The first-order chi connectivity index (χ1) is 9.06. The maximum Gasteiger partial charge on any atom is 0.160 e. The summed E-state index contributed by atoms with van der Waals surface area (Å²) in [6, 6.07) is 5.92. The lowest BCUT2D eigenvalue weighted by Crippen LogP contribution is -1.95. The molecule has 0 saturated heterocycles. The van der Waals surface area contributed by atoms with Gasteiger partial charge in [-0.1, -0.05) is 6.07 Å². The lowest BCUT2D eigenvalue weighted by atomic mass is 10.1. The summed E-state index contributed by atoms with van der Waals surface area (Å²) >= 11 is 3.57. The highest BCUT2D eigenvalue weighted by atomic mass is 79.9. The topological polar surface area (TPSA) is 36.3 Å². The molecule has 0 aliphatic carbocycles. The van der Waals surface area contributed by atoms with E-state index in [1.807, 2.05) is 36.7 Å². The monoisotopic (exact) mass is 324 g/mol. The molecule has 2 aromatic rings. The Labute approximate surface area is 121 Å². The summed E-state index contributed by atoms with van der Waals surface area (Å²) in [5, 5.41) is 0. The van der Waals surface area contributed by atoms with Gasteiger partial charge in [0.05, 0.1) is 19.9 Å². The van der Waals surface area contributed by atoms with Gasteiger partial charge in [-0.3, -0.25) is 0 Å². The van der Waals surface area contributed by atoms with Crippen LogP contribution in [0.15, 0.2) is 22.8 Å². The molecule has 2 rings (SSSR count). The van der Waals surface area contributed by atoms with E-state index < -0.39 is 0 Å². The number of rotatable bonds is 4. The minimum absolute atomic E-state index is 0.738. The summed E-state index contributed by atoms with van der Waals surface area (Å²) in [7, 11) is 5.27. The second-order valence-electron chi connectivity index (χ2n) is 4.32. The van der Waals surface area contributed by atoms with Crippen LogP contribution in [-0.4, -0.2) is 23.8 Å². The molecule has 1 heterocycles. The van der Waals surface area contributed by atoms with Gasteiger partial charge in [-0.05, 0) is 40.5 Å². The summed E-state index contributed by atoms with van der Waals surface area (Å²) in [5.74, 6) is 2.47. The number of halogens is 1. The largest absolute Gasteiger partial charge is 0.493 e. The highest BCUT2D eigenvalue weighted by Crippen LogP contribution is 2.29. The van der Waals surface area contributed by atoms with Gasteiger partial charge in [0.1, 0.15) is 10.4 Å². The Morgan fingerprint density at radius 2 is 1.89 bits per heavy atom. The van der Waals surface area contributed by atoms with Crippen molar-refractivity contribution in [1.29, 1.82) is 0 Å². The molecule has 5 heteroatoms. The number of ether oxygens (including phenoxy) is 2. The molecule has 0 aliphatic heterocycles. The molecule has 0 atom stereocenters. The van der Waals surface area contributed by atoms with E-state index in [1.54, 1.807) is 14.2 Å². The Bertz CT molecular complexity index is 593. The molecule has 0 spiro atoms. The van der Waals surface area contributed by atoms with Gasteiger partial charge >= 0.3 is 0 Å². The number of hydrogen-bond acceptors (Lipinski definition) is 3. The van der Waals surface area contributed by atoms with Gasteiger partial charge in [-0.15, -0.1) is 0 Å². The summed E-state index contributed by atoms with van der Waals surface area (Å²) in [5.41, 5.74) is 2.16. The van der Waals surface area contributed by atoms with Crippen molar-refractivity contribution >= 4 is 15.9 Å². The van der Waals surface area contributed by atoms with Crippen LogP contribution in [0.2, 0.25) is 0 Å². The smallest absolute Gasteiger partial charge is 0.160 e. The van der Waals surface area contributed by atoms with Crippen LogP contribution in [-0.2, 0) is 13.5 Å². The molecule has 1 aromatic carbocycles. The average molecular weight is 325 g/mol. The maximum absolute atomic E-state index is 5.31. The number of benzene rings is 1. The molecule has 19 heavy (non-hydrogen) atoms. The van der Waals surface area contributed by atoms with Crippen molar-refractivity contribution in [3.8, 4) is 11.5 Å². The third kappa shape index (κ3) is 2.76. The fraction of sp³-hybridized carbons (Fsp3) is 0.357. The summed E-state index contributed by atoms with van der Waals surface area (Å²) in [4.78, 5) is 4.55. The predicted octanol–water partition coefficient (Wildman–Crippen LogP) is 3.10. The quantitative estimate of drug-likeness (QED) is 0.867. The van der Waals surface area contributed by atoms with Crippen molar-refractivity contribution in [3.05, 3.63) is 39.9 Å². The Morgan fingerprint density at radius 3 is 2.42 bits per heavy atom.